The zero-order valence-electron chi connectivity index (χ0n) is 19.6. The van der Waals surface area contributed by atoms with Crippen molar-refractivity contribution >= 4 is 23.1 Å². The molecule has 3 aromatic rings. The van der Waals surface area contributed by atoms with Gasteiger partial charge in [0.15, 0.2) is 0 Å². The quantitative estimate of drug-likeness (QED) is 0.645. The lowest BCUT2D eigenvalue weighted by Gasteiger charge is -2.31. The Morgan fingerprint density at radius 2 is 1.74 bits per heavy atom. The van der Waals surface area contributed by atoms with Gasteiger partial charge in [0.2, 0.25) is 0 Å². The highest BCUT2D eigenvalue weighted by Gasteiger charge is 2.29. The molecule has 0 radical (unpaired) electrons. The third-order valence-electron chi connectivity index (χ3n) is 6.13. The summed E-state index contributed by atoms with van der Waals surface area (Å²) < 4.78 is 0. The van der Waals surface area contributed by atoms with E-state index in [1.54, 1.807) is 6.20 Å². The molecular weight excluding hydrogens is 380 g/mol. The molecule has 4 nitrogen and oxygen atoms in total. The normalized spacial score (nSPS) is 14.5. The Morgan fingerprint density at radius 1 is 1.00 bits per heavy atom. The molecule has 3 aromatic heterocycles. The predicted octanol–water partition coefficient (Wildman–Crippen LogP) is 4.50. The molecule has 0 aliphatic carbocycles. The fraction of sp³-hybridized carbons (Fsp3) is 0.370. The number of allylic oxidation sites excluding steroid dienone is 2. The molecule has 0 aliphatic rings. The maximum Gasteiger partial charge on any atom is 0.0732 e. The molecule has 0 spiro atoms. The van der Waals surface area contributed by atoms with Crippen LogP contribution in [-0.2, 0) is 10.8 Å². The van der Waals surface area contributed by atoms with E-state index in [1.165, 1.54) is 10.8 Å². The average molecular weight is 415 g/mol. The van der Waals surface area contributed by atoms with E-state index in [1.807, 2.05) is 37.7 Å². The van der Waals surface area contributed by atoms with E-state index in [-0.39, 0.29) is 10.8 Å². The van der Waals surface area contributed by atoms with Crippen LogP contribution in [0.5, 0.6) is 0 Å². The van der Waals surface area contributed by atoms with Gasteiger partial charge >= 0.3 is 0 Å². The third-order valence-corrected chi connectivity index (χ3v) is 6.13. The van der Waals surface area contributed by atoms with E-state index in [0.717, 1.165) is 40.4 Å². The van der Waals surface area contributed by atoms with Gasteiger partial charge in [-0.05, 0) is 67.2 Å². The van der Waals surface area contributed by atoms with E-state index >= 15 is 0 Å². The van der Waals surface area contributed by atoms with Crippen LogP contribution in [0.2, 0.25) is 0 Å². The lowest BCUT2D eigenvalue weighted by Crippen LogP contribution is -2.37. The maximum absolute atomic E-state index is 5.90. The third kappa shape index (κ3) is 5.19. The molecule has 0 saturated heterocycles. The van der Waals surface area contributed by atoms with Crippen LogP contribution in [-0.4, -0.2) is 15.0 Å². The van der Waals surface area contributed by atoms with Crippen molar-refractivity contribution in [3.63, 3.8) is 0 Å². The number of hydrogen-bond acceptors (Lipinski definition) is 4. The van der Waals surface area contributed by atoms with Crippen molar-refractivity contribution in [3.05, 3.63) is 76.5 Å². The minimum atomic E-state index is -0.0930. The van der Waals surface area contributed by atoms with Gasteiger partial charge in [0.05, 0.1) is 11.2 Å². The van der Waals surface area contributed by atoms with E-state index < -0.39 is 0 Å². The fourth-order valence-electron chi connectivity index (χ4n) is 3.90. The van der Waals surface area contributed by atoms with Gasteiger partial charge in [0.1, 0.15) is 0 Å². The zero-order valence-corrected chi connectivity index (χ0v) is 19.6. The molecule has 0 amide bonds. The van der Waals surface area contributed by atoms with Gasteiger partial charge < -0.3 is 5.73 Å². The van der Waals surface area contributed by atoms with Crippen molar-refractivity contribution in [1.29, 1.82) is 0 Å². The summed E-state index contributed by atoms with van der Waals surface area (Å²) in [7, 11) is 0. The van der Waals surface area contributed by atoms with E-state index in [0.29, 0.717) is 0 Å². The number of hydrogen-bond donors (Lipinski definition) is 1. The van der Waals surface area contributed by atoms with Gasteiger partial charge in [-0.3, -0.25) is 15.0 Å². The smallest absolute Gasteiger partial charge is 0.0732 e. The number of pyridine rings is 3. The summed E-state index contributed by atoms with van der Waals surface area (Å²) in [5, 5.41) is 3.41. The predicted molar refractivity (Wildman–Crippen MR) is 131 cm³/mol. The molecule has 3 heterocycles. The van der Waals surface area contributed by atoms with Gasteiger partial charge in [0.25, 0.3) is 0 Å². The van der Waals surface area contributed by atoms with Crippen LogP contribution in [0.4, 0.5) is 0 Å². The summed E-state index contributed by atoms with van der Waals surface area (Å²) in [4.78, 5) is 13.7. The van der Waals surface area contributed by atoms with Crippen molar-refractivity contribution in [2.45, 2.75) is 65.2 Å². The van der Waals surface area contributed by atoms with Gasteiger partial charge in [-0.1, -0.05) is 39.8 Å². The Labute approximate surface area is 185 Å². The molecule has 2 N–H and O–H groups in total. The largest absolute Gasteiger partial charge is 0.402 e. The van der Waals surface area contributed by atoms with Crippen molar-refractivity contribution in [2.24, 2.45) is 5.73 Å². The molecule has 3 rings (SSSR count). The summed E-state index contributed by atoms with van der Waals surface area (Å²) in [6.45, 7) is 13.1. The van der Waals surface area contributed by atoms with Crippen LogP contribution < -0.4 is 16.2 Å². The summed E-state index contributed by atoms with van der Waals surface area (Å²) in [5.74, 6) is 0. The number of rotatable bonds is 6. The Balaban J connectivity index is 1.93. The Hall–Kier alpha value is -3.01. The van der Waals surface area contributed by atoms with E-state index in [9.17, 15) is 0 Å². The molecule has 162 valence electrons. The van der Waals surface area contributed by atoms with Crippen molar-refractivity contribution in [3.8, 4) is 0 Å². The second-order valence-electron chi connectivity index (χ2n) is 9.59. The molecule has 0 fully saturated rings. The summed E-state index contributed by atoms with van der Waals surface area (Å²) in [5.41, 5.74) is 9.91. The van der Waals surface area contributed by atoms with Crippen molar-refractivity contribution in [2.75, 3.05) is 0 Å². The Bertz CT molecular complexity index is 1220. The first kappa shape index (κ1) is 22.7. The second-order valence-corrected chi connectivity index (χ2v) is 9.59. The first-order valence-electron chi connectivity index (χ1n) is 10.9. The summed E-state index contributed by atoms with van der Waals surface area (Å²) in [6.07, 6.45) is 15.8. The van der Waals surface area contributed by atoms with Crippen LogP contribution in [0.15, 0.2) is 54.8 Å². The van der Waals surface area contributed by atoms with Crippen LogP contribution in [0, 0.1) is 0 Å². The second kappa shape index (κ2) is 9.01. The first-order valence-corrected chi connectivity index (χ1v) is 10.9. The highest BCUT2D eigenvalue weighted by molar-refractivity contribution is 5.77. The minimum absolute atomic E-state index is 0.0135. The van der Waals surface area contributed by atoms with Crippen molar-refractivity contribution < 1.29 is 0 Å². The standard InChI is InChI=1S/C27H34N4/c1-7-20-10-15-30-25(23(20)9-8-19(2)28)27(5,6)13-12-26(3,4)22-16-21-17-29-14-11-24(21)31-18-22/h7-11,14-18H,12-13,28H2,1-6H3/b19-8-,20-7-,23-9+. The number of aromatic nitrogens is 3. The molecule has 0 bridgehead atoms. The van der Waals surface area contributed by atoms with E-state index in [4.69, 9.17) is 10.7 Å². The Morgan fingerprint density at radius 3 is 2.45 bits per heavy atom. The van der Waals surface area contributed by atoms with Crippen LogP contribution >= 0.6 is 0 Å². The minimum Gasteiger partial charge on any atom is -0.402 e. The number of fused-ring (bicyclic) bond motifs is 1. The average Bonchev–Trinajstić information content (AvgIpc) is 2.75. The number of nitrogens with two attached hydrogens (primary N) is 1. The molecule has 0 aromatic carbocycles. The van der Waals surface area contributed by atoms with Gasteiger partial charge in [-0.15, -0.1) is 0 Å². The molecule has 31 heavy (non-hydrogen) atoms. The van der Waals surface area contributed by atoms with Crippen LogP contribution in [0.3, 0.4) is 0 Å². The summed E-state index contributed by atoms with van der Waals surface area (Å²) in [6, 6.07) is 6.24. The monoisotopic (exact) mass is 414 g/mol. The zero-order chi connectivity index (χ0) is 22.6. The molecule has 0 unspecified atom stereocenters. The highest BCUT2D eigenvalue weighted by atomic mass is 14.7. The van der Waals surface area contributed by atoms with Gasteiger partial charge in [-0.25, -0.2) is 0 Å². The van der Waals surface area contributed by atoms with Crippen LogP contribution in [0.1, 0.15) is 65.6 Å². The molecule has 0 atom stereocenters. The van der Waals surface area contributed by atoms with Crippen LogP contribution in [0.25, 0.3) is 23.1 Å². The topological polar surface area (TPSA) is 64.7 Å². The molecule has 4 heteroatoms. The van der Waals surface area contributed by atoms with Gasteiger partial charge in [-0.2, -0.15) is 0 Å². The Kier molecular flexibility index (Phi) is 6.59. The SMILES string of the molecule is C/C=c1/ccnc(C(C)(C)CCC(C)(C)c2cnc3ccncc3c2)/c1=C/C=C(/C)N. The lowest BCUT2D eigenvalue weighted by molar-refractivity contribution is 0.367. The molecule has 0 aliphatic heterocycles. The number of nitrogens with zero attached hydrogens (tertiary/aromatic N) is 3. The van der Waals surface area contributed by atoms with E-state index in [2.05, 4.69) is 68.9 Å². The van der Waals surface area contributed by atoms with Crippen molar-refractivity contribution in [1.82, 2.24) is 15.0 Å². The first-order chi connectivity index (χ1) is 14.6. The summed E-state index contributed by atoms with van der Waals surface area (Å²) >= 11 is 0. The highest BCUT2D eigenvalue weighted by Crippen LogP contribution is 2.35. The molecule has 0 saturated carbocycles. The van der Waals surface area contributed by atoms with Gasteiger partial charge in [0, 0.05) is 46.5 Å². The maximum atomic E-state index is 5.90. The molecular formula is C27H34N4. The fourth-order valence-corrected chi connectivity index (χ4v) is 3.90. The lowest BCUT2D eigenvalue weighted by atomic mass is 9.74.